The van der Waals surface area contributed by atoms with Crippen molar-refractivity contribution in [2.45, 2.75) is 26.2 Å². The van der Waals surface area contributed by atoms with E-state index in [0.29, 0.717) is 12.5 Å². The number of hydrogen-bond acceptors (Lipinski definition) is 3. The van der Waals surface area contributed by atoms with Crippen LogP contribution in [0.1, 0.15) is 30.7 Å². The summed E-state index contributed by atoms with van der Waals surface area (Å²) in [6.45, 7) is 4.86. The quantitative estimate of drug-likeness (QED) is 0.824. The van der Waals surface area contributed by atoms with Gasteiger partial charge in [-0.2, -0.15) is 0 Å². The van der Waals surface area contributed by atoms with E-state index in [2.05, 4.69) is 30.1 Å². The summed E-state index contributed by atoms with van der Waals surface area (Å²) in [5, 5.41) is 8.37. The maximum atomic E-state index is 5.55. The van der Waals surface area contributed by atoms with Crippen molar-refractivity contribution in [1.29, 1.82) is 0 Å². The third-order valence-electron chi connectivity index (χ3n) is 2.63. The number of pyridine rings is 1. The molecule has 1 atom stereocenters. The number of rotatable bonds is 3. The zero-order valence-corrected chi connectivity index (χ0v) is 9.14. The number of aromatic nitrogens is 3. The lowest BCUT2D eigenvalue weighted by atomic mass is 10.1. The van der Waals surface area contributed by atoms with E-state index in [1.807, 2.05) is 16.7 Å². The highest BCUT2D eigenvalue weighted by Gasteiger charge is 2.12. The number of nitrogens with zero attached hydrogens (tertiary/aromatic N) is 3. The Morgan fingerprint density at radius 1 is 1.47 bits per heavy atom. The fourth-order valence-corrected chi connectivity index (χ4v) is 1.73. The predicted molar refractivity (Wildman–Crippen MR) is 59.8 cm³/mol. The van der Waals surface area contributed by atoms with Crippen LogP contribution < -0.4 is 5.73 Å². The van der Waals surface area contributed by atoms with Crippen molar-refractivity contribution >= 4 is 5.65 Å². The van der Waals surface area contributed by atoms with Crippen molar-refractivity contribution < 1.29 is 0 Å². The first-order valence-corrected chi connectivity index (χ1v) is 5.23. The van der Waals surface area contributed by atoms with Crippen LogP contribution in [0.25, 0.3) is 5.65 Å². The first-order chi connectivity index (χ1) is 7.22. The van der Waals surface area contributed by atoms with Crippen LogP contribution in [0.5, 0.6) is 0 Å². The van der Waals surface area contributed by atoms with E-state index in [1.54, 1.807) is 0 Å². The lowest BCUT2D eigenvalue weighted by molar-refractivity contribution is 0.639. The van der Waals surface area contributed by atoms with Gasteiger partial charge in [-0.05, 0) is 37.6 Å². The van der Waals surface area contributed by atoms with Crippen molar-refractivity contribution in [2.75, 3.05) is 6.54 Å². The molecule has 0 amide bonds. The summed E-state index contributed by atoms with van der Waals surface area (Å²) in [6.07, 6.45) is 2.96. The Morgan fingerprint density at radius 2 is 2.27 bits per heavy atom. The zero-order chi connectivity index (χ0) is 10.8. The molecular weight excluding hydrogens is 188 g/mol. The number of nitrogens with two attached hydrogens (primary N) is 1. The van der Waals surface area contributed by atoms with Crippen LogP contribution in [0.15, 0.2) is 18.3 Å². The van der Waals surface area contributed by atoms with Crippen LogP contribution in [-0.4, -0.2) is 21.1 Å². The molecule has 0 saturated heterocycles. The Balaban J connectivity index is 2.44. The SMILES string of the molecule is Cc1ccn2c(C(C)CCN)nnc2c1. The van der Waals surface area contributed by atoms with E-state index in [9.17, 15) is 0 Å². The Morgan fingerprint density at radius 3 is 3.00 bits per heavy atom. The molecule has 0 saturated carbocycles. The highest BCUT2D eigenvalue weighted by Crippen LogP contribution is 2.17. The Labute approximate surface area is 89.1 Å². The number of hydrogen-bond donors (Lipinski definition) is 1. The molecule has 1 unspecified atom stereocenters. The van der Waals surface area contributed by atoms with Crippen molar-refractivity contribution in [2.24, 2.45) is 5.73 Å². The fourth-order valence-electron chi connectivity index (χ4n) is 1.73. The zero-order valence-electron chi connectivity index (χ0n) is 9.14. The predicted octanol–water partition coefficient (Wildman–Crippen LogP) is 1.49. The molecular formula is C11H16N4. The van der Waals surface area contributed by atoms with Gasteiger partial charge in [-0.3, -0.25) is 4.40 Å². The Kier molecular flexibility index (Phi) is 2.68. The van der Waals surface area contributed by atoms with Gasteiger partial charge < -0.3 is 5.73 Å². The summed E-state index contributed by atoms with van der Waals surface area (Å²) in [6, 6.07) is 4.10. The summed E-state index contributed by atoms with van der Waals surface area (Å²) >= 11 is 0. The monoisotopic (exact) mass is 204 g/mol. The molecule has 80 valence electrons. The average molecular weight is 204 g/mol. The van der Waals surface area contributed by atoms with E-state index in [4.69, 9.17) is 5.73 Å². The second-order valence-electron chi connectivity index (χ2n) is 3.97. The molecule has 0 radical (unpaired) electrons. The van der Waals surface area contributed by atoms with Gasteiger partial charge in [0.15, 0.2) is 5.65 Å². The normalized spacial score (nSPS) is 13.3. The molecule has 2 rings (SSSR count). The second kappa shape index (κ2) is 3.98. The van der Waals surface area contributed by atoms with Gasteiger partial charge in [0.25, 0.3) is 0 Å². The number of fused-ring (bicyclic) bond motifs is 1. The fraction of sp³-hybridized carbons (Fsp3) is 0.455. The highest BCUT2D eigenvalue weighted by molar-refractivity contribution is 5.41. The third kappa shape index (κ3) is 1.85. The molecule has 2 heterocycles. The van der Waals surface area contributed by atoms with Gasteiger partial charge in [-0.25, -0.2) is 0 Å². The maximum absolute atomic E-state index is 5.55. The summed E-state index contributed by atoms with van der Waals surface area (Å²) < 4.78 is 2.04. The molecule has 0 spiro atoms. The summed E-state index contributed by atoms with van der Waals surface area (Å²) in [7, 11) is 0. The summed E-state index contributed by atoms with van der Waals surface area (Å²) in [4.78, 5) is 0. The van der Waals surface area contributed by atoms with E-state index in [0.717, 1.165) is 17.9 Å². The molecule has 0 aromatic carbocycles. The van der Waals surface area contributed by atoms with Crippen LogP contribution in [0, 0.1) is 6.92 Å². The molecule has 0 aliphatic carbocycles. The van der Waals surface area contributed by atoms with Crippen molar-refractivity contribution in [1.82, 2.24) is 14.6 Å². The molecule has 0 bridgehead atoms. The van der Waals surface area contributed by atoms with Crippen molar-refractivity contribution in [3.63, 3.8) is 0 Å². The largest absolute Gasteiger partial charge is 0.330 e. The molecule has 4 heteroatoms. The lowest BCUT2D eigenvalue weighted by Crippen LogP contribution is -2.07. The molecule has 2 N–H and O–H groups in total. The van der Waals surface area contributed by atoms with Gasteiger partial charge in [-0.15, -0.1) is 10.2 Å². The standard InChI is InChI=1S/C11H16N4/c1-8-4-6-15-10(7-8)13-14-11(15)9(2)3-5-12/h4,6-7,9H,3,5,12H2,1-2H3. The number of aryl methyl sites for hydroxylation is 1. The summed E-state index contributed by atoms with van der Waals surface area (Å²) in [5.41, 5.74) is 7.66. The van der Waals surface area contributed by atoms with Crippen LogP contribution in [0.2, 0.25) is 0 Å². The maximum Gasteiger partial charge on any atom is 0.161 e. The van der Waals surface area contributed by atoms with Crippen LogP contribution in [0.4, 0.5) is 0 Å². The van der Waals surface area contributed by atoms with Gasteiger partial charge in [0.2, 0.25) is 0 Å². The van der Waals surface area contributed by atoms with Crippen molar-refractivity contribution in [3.8, 4) is 0 Å². The molecule has 15 heavy (non-hydrogen) atoms. The van der Waals surface area contributed by atoms with Gasteiger partial charge in [-0.1, -0.05) is 6.92 Å². The molecule has 4 nitrogen and oxygen atoms in total. The van der Waals surface area contributed by atoms with E-state index >= 15 is 0 Å². The average Bonchev–Trinajstić information content (AvgIpc) is 2.60. The smallest absolute Gasteiger partial charge is 0.161 e. The Hall–Kier alpha value is -1.42. The molecule has 2 aromatic heterocycles. The minimum Gasteiger partial charge on any atom is -0.330 e. The first-order valence-electron chi connectivity index (χ1n) is 5.23. The minimum absolute atomic E-state index is 0.354. The van der Waals surface area contributed by atoms with Crippen molar-refractivity contribution in [3.05, 3.63) is 29.7 Å². The van der Waals surface area contributed by atoms with Gasteiger partial charge in [0, 0.05) is 12.1 Å². The van der Waals surface area contributed by atoms with Gasteiger partial charge >= 0.3 is 0 Å². The van der Waals surface area contributed by atoms with Crippen LogP contribution in [-0.2, 0) is 0 Å². The van der Waals surface area contributed by atoms with Crippen LogP contribution >= 0.6 is 0 Å². The third-order valence-corrected chi connectivity index (χ3v) is 2.63. The minimum atomic E-state index is 0.354. The second-order valence-corrected chi connectivity index (χ2v) is 3.97. The van der Waals surface area contributed by atoms with E-state index < -0.39 is 0 Å². The first kappa shape index (κ1) is 10.1. The van der Waals surface area contributed by atoms with E-state index in [1.165, 1.54) is 5.56 Å². The van der Waals surface area contributed by atoms with E-state index in [-0.39, 0.29) is 0 Å². The summed E-state index contributed by atoms with van der Waals surface area (Å²) in [5.74, 6) is 1.35. The highest BCUT2D eigenvalue weighted by atomic mass is 15.2. The topological polar surface area (TPSA) is 56.2 Å². The molecule has 2 aromatic rings. The Bertz CT molecular complexity index is 461. The molecule has 0 fully saturated rings. The lowest BCUT2D eigenvalue weighted by Gasteiger charge is -2.07. The molecule has 0 aliphatic heterocycles. The molecule has 0 aliphatic rings. The van der Waals surface area contributed by atoms with Gasteiger partial charge in [0.05, 0.1) is 0 Å². The van der Waals surface area contributed by atoms with Crippen LogP contribution in [0.3, 0.4) is 0 Å². The van der Waals surface area contributed by atoms with Gasteiger partial charge in [0.1, 0.15) is 5.82 Å².